The summed E-state index contributed by atoms with van der Waals surface area (Å²) in [6.45, 7) is 0. The third kappa shape index (κ3) is 1.15. The molecule has 0 atom stereocenters. The molecule has 5 nitrogen and oxygen atoms in total. The van der Waals surface area contributed by atoms with Crippen molar-refractivity contribution in [3.8, 4) is 6.07 Å². The zero-order valence-corrected chi connectivity index (χ0v) is 7.10. The number of fused-ring (bicyclic) bond motifs is 1. The van der Waals surface area contributed by atoms with Gasteiger partial charge in [0.25, 0.3) is 13.1 Å². The highest BCUT2D eigenvalue weighted by Crippen LogP contribution is 2.14. The van der Waals surface area contributed by atoms with E-state index < -0.39 is 4.92 Å². The maximum Gasteiger partial charge on any atom is 0.296 e. The van der Waals surface area contributed by atoms with E-state index in [1.807, 2.05) is 6.07 Å². The van der Waals surface area contributed by atoms with Crippen molar-refractivity contribution in [3.05, 3.63) is 33.9 Å². The van der Waals surface area contributed by atoms with E-state index in [9.17, 15) is 10.1 Å². The van der Waals surface area contributed by atoms with Crippen LogP contribution >= 0.6 is 0 Å². The first-order valence-electron chi connectivity index (χ1n) is 3.94. The summed E-state index contributed by atoms with van der Waals surface area (Å²) in [7, 11) is 0.441. The minimum Gasteiger partial charge on any atom is -0.331 e. The molecule has 0 amide bonds. The molecule has 1 aromatic carbocycles. The molecule has 0 fully saturated rings. The predicted molar refractivity (Wildman–Crippen MR) is 52.0 cm³/mol. The smallest absolute Gasteiger partial charge is 0.296 e. The highest BCUT2D eigenvalue weighted by molar-refractivity contribution is 6.60. The summed E-state index contributed by atoms with van der Waals surface area (Å²) in [5, 5.41) is 19.2. The molecule has 1 aliphatic rings. The summed E-state index contributed by atoms with van der Waals surface area (Å²) in [6.07, 6.45) is 0. The van der Waals surface area contributed by atoms with Crippen molar-refractivity contribution in [1.29, 1.82) is 5.26 Å². The van der Waals surface area contributed by atoms with Gasteiger partial charge in [0.2, 0.25) is 0 Å². The summed E-state index contributed by atoms with van der Waals surface area (Å²) in [5.74, 6) is 0. The standard InChI is InChI=1S/C8H4BN3O2/c10-4-8-6-3-5(12(13)14)1-2-7(6)9-11-8/h1-3,9H. The molecule has 0 unspecified atom stereocenters. The van der Waals surface area contributed by atoms with Crippen LogP contribution < -0.4 is 5.46 Å². The van der Waals surface area contributed by atoms with E-state index in [0.717, 1.165) is 5.46 Å². The van der Waals surface area contributed by atoms with Crippen LogP contribution in [0.5, 0.6) is 0 Å². The molecule has 1 aromatic rings. The number of nitro benzene ring substituents is 1. The van der Waals surface area contributed by atoms with Crippen LogP contribution in [0.4, 0.5) is 5.69 Å². The molecule has 0 spiro atoms. The van der Waals surface area contributed by atoms with Gasteiger partial charge in [-0.2, -0.15) is 5.26 Å². The molecule has 14 heavy (non-hydrogen) atoms. The Bertz CT molecular complexity index is 490. The van der Waals surface area contributed by atoms with Crippen molar-refractivity contribution in [3.63, 3.8) is 0 Å². The molecule has 1 heterocycles. The second kappa shape index (κ2) is 2.96. The molecule has 0 radical (unpaired) electrons. The Hall–Kier alpha value is -2.16. The maximum atomic E-state index is 10.5. The van der Waals surface area contributed by atoms with E-state index in [2.05, 4.69) is 4.90 Å². The Morgan fingerprint density at radius 3 is 3.00 bits per heavy atom. The number of nitrogens with zero attached hydrogens (tertiary/aromatic N) is 3. The average Bonchev–Trinajstić information content (AvgIpc) is 2.59. The first kappa shape index (κ1) is 8.44. The largest absolute Gasteiger partial charge is 0.331 e. The zero-order chi connectivity index (χ0) is 10.1. The van der Waals surface area contributed by atoms with Crippen LogP contribution in [0.25, 0.3) is 0 Å². The minimum atomic E-state index is -0.479. The number of benzene rings is 1. The van der Waals surface area contributed by atoms with Gasteiger partial charge in [-0.05, 0) is 5.46 Å². The van der Waals surface area contributed by atoms with E-state index in [4.69, 9.17) is 5.26 Å². The number of nitro groups is 1. The van der Waals surface area contributed by atoms with Gasteiger partial charge in [0.05, 0.1) is 4.92 Å². The summed E-state index contributed by atoms with van der Waals surface area (Å²) >= 11 is 0. The SMILES string of the molecule is N#CC1=NBc2ccc([N+](=O)[O-])cc21. The topological polar surface area (TPSA) is 79.3 Å². The summed E-state index contributed by atoms with van der Waals surface area (Å²) in [5.41, 5.74) is 1.73. The van der Waals surface area contributed by atoms with Gasteiger partial charge >= 0.3 is 0 Å². The minimum absolute atomic E-state index is 0.00593. The second-order valence-corrected chi connectivity index (χ2v) is 2.88. The Balaban J connectivity index is 2.55. The number of hydrogen-bond donors (Lipinski definition) is 0. The zero-order valence-electron chi connectivity index (χ0n) is 7.10. The highest BCUT2D eigenvalue weighted by Gasteiger charge is 2.19. The fourth-order valence-electron chi connectivity index (χ4n) is 1.38. The molecular weight excluding hydrogens is 181 g/mol. The van der Waals surface area contributed by atoms with Crippen molar-refractivity contribution in [2.45, 2.75) is 0 Å². The lowest BCUT2D eigenvalue weighted by atomic mass is 9.83. The van der Waals surface area contributed by atoms with Crippen LogP contribution in [-0.4, -0.2) is 18.0 Å². The van der Waals surface area contributed by atoms with E-state index in [-0.39, 0.29) is 11.4 Å². The lowest BCUT2D eigenvalue weighted by Crippen LogP contribution is -2.13. The second-order valence-electron chi connectivity index (χ2n) is 2.88. The summed E-state index contributed by atoms with van der Waals surface area (Å²) < 4.78 is 0. The molecular formula is C8H4BN3O2. The Morgan fingerprint density at radius 2 is 2.36 bits per heavy atom. The van der Waals surface area contributed by atoms with Gasteiger partial charge in [-0.1, -0.05) is 6.07 Å². The Morgan fingerprint density at radius 1 is 1.57 bits per heavy atom. The maximum absolute atomic E-state index is 10.5. The Labute approximate surface area is 80.1 Å². The van der Waals surface area contributed by atoms with Crippen molar-refractivity contribution < 1.29 is 4.92 Å². The normalized spacial score (nSPS) is 12.4. The molecule has 0 aliphatic carbocycles. The lowest BCUT2D eigenvalue weighted by molar-refractivity contribution is -0.384. The monoisotopic (exact) mass is 185 g/mol. The first-order valence-corrected chi connectivity index (χ1v) is 3.94. The van der Waals surface area contributed by atoms with Crippen molar-refractivity contribution in [2.24, 2.45) is 4.90 Å². The van der Waals surface area contributed by atoms with Gasteiger partial charge < -0.3 is 4.90 Å². The molecule has 2 rings (SSSR count). The molecule has 0 saturated heterocycles. The van der Waals surface area contributed by atoms with E-state index >= 15 is 0 Å². The number of rotatable bonds is 1. The molecule has 0 saturated carbocycles. The van der Waals surface area contributed by atoms with Crippen LogP contribution in [0.2, 0.25) is 0 Å². The summed E-state index contributed by atoms with van der Waals surface area (Å²) in [4.78, 5) is 14.0. The fourth-order valence-corrected chi connectivity index (χ4v) is 1.38. The molecule has 0 aromatic heterocycles. The van der Waals surface area contributed by atoms with E-state index in [1.54, 1.807) is 6.07 Å². The van der Waals surface area contributed by atoms with Crippen molar-refractivity contribution in [1.82, 2.24) is 0 Å². The molecule has 0 bridgehead atoms. The first-order chi connectivity index (χ1) is 6.72. The van der Waals surface area contributed by atoms with Gasteiger partial charge in [-0.3, -0.25) is 10.1 Å². The number of nitriles is 1. The van der Waals surface area contributed by atoms with Crippen molar-refractivity contribution in [2.75, 3.05) is 0 Å². The number of hydrogen-bond acceptors (Lipinski definition) is 4. The average molecular weight is 185 g/mol. The molecule has 6 heteroatoms. The quantitative estimate of drug-likeness (QED) is 0.348. The lowest BCUT2D eigenvalue weighted by Gasteiger charge is -1.97. The van der Waals surface area contributed by atoms with Gasteiger partial charge in [-0.25, -0.2) is 0 Å². The van der Waals surface area contributed by atoms with Crippen molar-refractivity contribution >= 4 is 24.3 Å². The Kier molecular flexibility index (Phi) is 1.79. The van der Waals surface area contributed by atoms with E-state index in [0.29, 0.717) is 13.0 Å². The van der Waals surface area contributed by atoms with Crippen LogP contribution in [0, 0.1) is 21.4 Å². The van der Waals surface area contributed by atoms with Crippen LogP contribution in [-0.2, 0) is 0 Å². The fraction of sp³-hybridized carbons (Fsp3) is 0. The third-order valence-corrected chi connectivity index (χ3v) is 2.07. The summed E-state index contributed by atoms with van der Waals surface area (Å²) in [6, 6.07) is 6.37. The van der Waals surface area contributed by atoms with Gasteiger partial charge in [0.15, 0.2) is 0 Å². The van der Waals surface area contributed by atoms with Gasteiger partial charge in [-0.15, -0.1) is 0 Å². The molecule has 0 N–H and O–H groups in total. The van der Waals surface area contributed by atoms with Crippen LogP contribution in [0.1, 0.15) is 5.56 Å². The van der Waals surface area contributed by atoms with Gasteiger partial charge in [0, 0.05) is 17.7 Å². The van der Waals surface area contributed by atoms with Gasteiger partial charge in [0.1, 0.15) is 11.8 Å². The van der Waals surface area contributed by atoms with E-state index in [1.165, 1.54) is 12.1 Å². The highest BCUT2D eigenvalue weighted by atomic mass is 16.6. The molecule has 1 aliphatic heterocycles. The number of non-ortho nitro benzene ring substituents is 1. The molecule has 66 valence electrons. The van der Waals surface area contributed by atoms with Crippen LogP contribution in [0.3, 0.4) is 0 Å². The third-order valence-electron chi connectivity index (χ3n) is 2.07. The van der Waals surface area contributed by atoms with Crippen LogP contribution in [0.15, 0.2) is 23.1 Å². The predicted octanol–water partition coefficient (Wildman–Crippen LogP) is -0.102.